The van der Waals surface area contributed by atoms with Gasteiger partial charge in [0.15, 0.2) is 0 Å². The highest BCUT2D eigenvalue weighted by atomic mass is 35.5. The van der Waals surface area contributed by atoms with E-state index in [9.17, 15) is 0 Å². The number of nitrogens with zero attached hydrogens (tertiary/aromatic N) is 1. The number of nitriles is 1. The smallest absolute Gasteiger partial charge is 0.122 e. The number of hydrogen-bond donors (Lipinski definition) is 1. The van der Waals surface area contributed by atoms with Crippen molar-refractivity contribution in [3.63, 3.8) is 0 Å². The third kappa shape index (κ3) is 2.81. The van der Waals surface area contributed by atoms with Gasteiger partial charge in [-0.25, -0.2) is 0 Å². The summed E-state index contributed by atoms with van der Waals surface area (Å²) in [5.74, 6) is 0.982. The maximum absolute atomic E-state index is 8.98. The molecule has 0 saturated heterocycles. The molecular weight excluding hydrogens is 284 g/mol. The Balaban J connectivity index is 1.83. The number of ether oxygens (including phenoxy) is 1. The average Bonchev–Trinajstić information content (AvgIpc) is 2.96. The molecule has 1 N–H and O–H groups in total. The largest absolute Gasteiger partial charge is 0.493 e. The van der Waals surface area contributed by atoms with Crippen LogP contribution in [0.25, 0.3) is 0 Å². The van der Waals surface area contributed by atoms with Crippen LogP contribution >= 0.6 is 11.6 Å². The van der Waals surface area contributed by atoms with Gasteiger partial charge in [-0.05, 0) is 48.4 Å². The van der Waals surface area contributed by atoms with E-state index in [-0.39, 0.29) is 6.04 Å². The topological polar surface area (TPSA) is 45.0 Å². The lowest BCUT2D eigenvalue weighted by molar-refractivity contribution is 0.357. The molecule has 0 aromatic heterocycles. The van der Waals surface area contributed by atoms with Gasteiger partial charge in [-0.2, -0.15) is 5.26 Å². The molecule has 0 spiro atoms. The highest BCUT2D eigenvalue weighted by Gasteiger charge is 2.15. The summed E-state index contributed by atoms with van der Waals surface area (Å²) in [7, 11) is 0. The fourth-order valence-electron chi connectivity index (χ4n) is 2.50. The lowest BCUT2D eigenvalue weighted by Gasteiger charge is -2.17. The van der Waals surface area contributed by atoms with E-state index in [0.29, 0.717) is 10.6 Å². The lowest BCUT2D eigenvalue weighted by atomic mass is 10.0. The maximum atomic E-state index is 8.98. The summed E-state index contributed by atoms with van der Waals surface area (Å²) < 4.78 is 5.52. The molecule has 1 aliphatic heterocycles. The first kappa shape index (κ1) is 13.8. The van der Waals surface area contributed by atoms with E-state index in [1.165, 1.54) is 11.1 Å². The molecule has 1 atom stereocenters. The number of rotatable bonds is 3. The van der Waals surface area contributed by atoms with Crippen molar-refractivity contribution < 1.29 is 4.74 Å². The highest BCUT2D eigenvalue weighted by molar-refractivity contribution is 6.33. The standard InChI is InChI=1S/C17H15ClN2O/c1-11(13-3-5-17-14(9-13)6-7-21-17)20-16-8-12(10-19)2-4-15(16)18/h2-5,8-9,11,20H,6-7H2,1H3. The van der Waals surface area contributed by atoms with Gasteiger partial charge in [0, 0.05) is 12.5 Å². The Kier molecular flexibility index (Phi) is 3.72. The van der Waals surface area contributed by atoms with Crippen LogP contribution in [0.4, 0.5) is 5.69 Å². The van der Waals surface area contributed by atoms with Crippen LogP contribution in [-0.2, 0) is 6.42 Å². The summed E-state index contributed by atoms with van der Waals surface area (Å²) in [6.07, 6.45) is 0.959. The zero-order valence-electron chi connectivity index (χ0n) is 11.7. The number of hydrogen-bond acceptors (Lipinski definition) is 3. The van der Waals surface area contributed by atoms with Gasteiger partial charge in [0.1, 0.15) is 5.75 Å². The Bertz CT molecular complexity index is 721. The van der Waals surface area contributed by atoms with Crippen LogP contribution in [0.2, 0.25) is 5.02 Å². The molecule has 0 aliphatic carbocycles. The van der Waals surface area contributed by atoms with Gasteiger partial charge in [-0.1, -0.05) is 17.7 Å². The van der Waals surface area contributed by atoms with Crippen molar-refractivity contribution in [2.45, 2.75) is 19.4 Å². The van der Waals surface area contributed by atoms with Crippen LogP contribution in [0.5, 0.6) is 5.75 Å². The van der Waals surface area contributed by atoms with Crippen molar-refractivity contribution in [3.05, 3.63) is 58.1 Å². The van der Waals surface area contributed by atoms with Crippen LogP contribution in [0.15, 0.2) is 36.4 Å². The van der Waals surface area contributed by atoms with Crippen molar-refractivity contribution in [1.29, 1.82) is 5.26 Å². The SMILES string of the molecule is CC(Nc1cc(C#N)ccc1Cl)c1ccc2c(c1)CCO2. The van der Waals surface area contributed by atoms with Crippen LogP contribution in [0.3, 0.4) is 0 Å². The van der Waals surface area contributed by atoms with Crippen molar-refractivity contribution in [2.24, 2.45) is 0 Å². The zero-order valence-corrected chi connectivity index (χ0v) is 12.4. The van der Waals surface area contributed by atoms with Gasteiger partial charge < -0.3 is 10.1 Å². The molecule has 2 aromatic rings. The Morgan fingerprint density at radius 2 is 2.14 bits per heavy atom. The summed E-state index contributed by atoms with van der Waals surface area (Å²) >= 11 is 6.19. The second kappa shape index (κ2) is 5.67. The molecule has 3 nitrogen and oxygen atoms in total. The predicted octanol–water partition coefficient (Wildman–Crippen LogP) is 4.32. The molecule has 106 valence electrons. The van der Waals surface area contributed by atoms with E-state index >= 15 is 0 Å². The molecule has 4 heteroatoms. The summed E-state index contributed by atoms with van der Waals surface area (Å²) in [5.41, 5.74) is 3.80. The zero-order chi connectivity index (χ0) is 14.8. The minimum atomic E-state index is 0.0994. The molecule has 0 amide bonds. The van der Waals surface area contributed by atoms with E-state index in [4.69, 9.17) is 21.6 Å². The van der Waals surface area contributed by atoms with E-state index in [0.717, 1.165) is 24.5 Å². The molecule has 0 bridgehead atoms. The number of fused-ring (bicyclic) bond motifs is 1. The van der Waals surface area contributed by atoms with Crippen LogP contribution in [-0.4, -0.2) is 6.61 Å². The normalized spacial score (nSPS) is 14.0. The summed E-state index contributed by atoms with van der Waals surface area (Å²) in [6.45, 7) is 2.84. The summed E-state index contributed by atoms with van der Waals surface area (Å²) in [5, 5.41) is 13.0. The molecule has 0 radical (unpaired) electrons. The van der Waals surface area contributed by atoms with E-state index in [2.05, 4.69) is 30.4 Å². The van der Waals surface area contributed by atoms with Gasteiger partial charge in [0.25, 0.3) is 0 Å². The second-order valence-corrected chi connectivity index (χ2v) is 5.55. The number of benzene rings is 2. The van der Waals surface area contributed by atoms with Crippen LogP contribution in [0.1, 0.15) is 29.7 Å². The van der Waals surface area contributed by atoms with Crippen molar-refractivity contribution in [1.82, 2.24) is 0 Å². The maximum Gasteiger partial charge on any atom is 0.122 e. The first-order valence-electron chi connectivity index (χ1n) is 6.89. The van der Waals surface area contributed by atoms with E-state index in [1.807, 2.05) is 6.07 Å². The Morgan fingerprint density at radius 3 is 2.95 bits per heavy atom. The predicted molar refractivity (Wildman–Crippen MR) is 83.8 cm³/mol. The number of anilines is 1. The van der Waals surface area contributed by atoms with Gasteiger partial charge in [0.2, 0.25) is 0 Å². The third-order valence-electron chi connectivity index (χ3n) is 3.68. The highest BCUT2D eigenvalue weighted by Crippen LogP contribution is 2.31. The molecule has 2 aromatic carbocycles. The summed E-state index contributed by atoms with van der Waals surface area (Å²) in [6, 6.07) is 13.7. The third-order valence-corrected chi connectivity index (χ3v) is 4.01. The van der Waals surface area contributed by atoms with Gasteiger partial charge >= 0.3 is 0 Å². The minimum Gasteiger partial charge on any atom is -0.493 e. The Hall–Kier alpha value is -2.18. The molecule has 1 aliphatic rings. The van der Waals surface area contributed by atoms with E-state index < -0.39 is 0 Å². The lowest BCUT2D eigenvalue weighted by Crippen LogP contribution is -2.07. The van der Waals surface area contributed by atoms with Crippen molar-refractivity contribution >= 4 is 17.3 Å². The number of nitrogens with one attached hydrogen (secondary N) is 1. The number of halogens is 1. The molecular formula is C17H15ClN2O. The fraction of sp³-hybridized carbons (Fsp3) is 0.235. The molecule has 0 saturated carbocycles. The molecule has 3 rings (SSSR count). The Morgan fingerprint density at radius 1 is 1.29 bits per heavy atom. The fourth-order valence-corrected chi connectivity index (χ4v) is 2.67. The Labute approximate surface area is 129 Å². The monoisotopic (exact) mass is 298 g/mol. The van der Waals surface area contributed by atoms with Crippen molar-refractivity contribution in [3.8, 4) is 11.8 Å². The van der Waals surface area contributed by atoms with Gasteiger partial charge in [0.05, 0.1) is 28.9 Å². The van der Waals surface area contributed by atoms with Gasteiger partial charge in [-0.15, -0.1) is 0 Å². The molecule has 1 unspecified atom stereocenters. The minimum absolute atomic E-state index is 0.0994. The van der Waals surface area contributed by atoms with Crippen molar-refractivity contribution in [2.75, 3.05) is 11.9 Å². The van der Waals surface area contributed by atoms with E-state index in [1.54, 1.807) is 18.2 Å². The molecule has 0 fully saturated rings. The van der Waals surface area contributed by atoms with Crippen LogP contribution in [0, 0.1) is 11.3 Å². The first-order chi connectivity index (χ1) is 10.2. The van der Waals surface area contributed by atoms with Gasteiger partial charge in [-0.3, -0.25) is 0 Å². The first-order valence-corrected chi connectivity index (χ1v) is 7.27. The quantitative estimate of drug-likeness (QED) is 0.918. The summed E-state index contributed by atoms with van der Waals surface area (Å²) in [4.78, 5) is 0. The van der Waals surface area contributed by atoms with Crippen LogP contribution < -0.4 is 10.1 Å². The average molecular weight is 299 g/mol. The molecule has 21 heavy (non-hydrogen) atoms. The molecule has 1 heterocycles. The second-order valence-electron chi connectivity index (χ2n) is 5.14.